The average Bonchev–Trinajstić information content (AvgIpc) is 2.04. The molecule has 1 rings (SSSR count). The zero-order valence-electron chi connectivity index (χ0n) is 6.12. The minimum atomic E-state index is -2.33. The van der Waals surface area contributed by atoms with Crippen LogP contribution in [-0.4, -0.2) is 8.76 Å². The average molecular weight is 185 g/mol. The minimum absolute atomic E-state index is 0.0324. The van der Waals surface area contributed by atoms with E-state index < -0.39 is 16.9 Å². The molecule has 0 aliphatic rings. The van der Waals surface area contributed by atoms with E-state index in [0.29, 0.717) is 5.56 Å². The Balaban J connectivity index is 2.98. The molecule has 0 radical (unpaired) electrons. The first-order valence-corrected chi connectivity index (χ1v) is 4.23. The second-order valence-electron chi connectivity index (χ2n) is 2.16. The summed E-state index contributed by atoms with van der Waals surface area (Å²) in [6, 6.07) is 5.11. The smallest absolute Gasteiger partial charge is 0.123 e. The van der Waals surface area contributed by atoms with Gasteiger partial charge in [0.1, 0.15) is 5.82 Å². The molecule has 1 atom stereocenters. The minimum Gasteiger partial charge on any atom is -0.768 e. The van der Waals surface area contributed by atoms with Crippen molar-refractivity contribution in [3.63, 3.8) is 0 Å². The van der Waals surface area contributed by atoms with Crippen LogP contribution in [0.15, 0.2) is 30.8 Å². The second-order valence-corrected chi connectivity index (χ2v) is 3.13. The largest absolute Gasteiger partial charge is 0.768 e. The van der Waals surface area contributed by atoms with Crippen LogP contribution >= 0.6 is 0 Å². The molecule has 0 spiro atoms. The summed E-state index contributed by atoms with van der Waals surface area (Å²) in [5.41, 5.74) is 0.407. The normalized spacial score (nSPS) is 12.5. The number of halogens is 1. The molecular formula is C8H6FO2S-. The Morgan fingerprint density at radius 2 is 1.92 bits per heavy atom. The first-order chi connectivity index (χ1) is 5.61. The molecule has 1 aromatic carbocycles. The number of rotatable bonds is 2. The summed E-state index contributed by atoms with van der Waals surface area (Å²) in [5, 5.41) is 0. The molecule has 0 aliphatic heterocycles. The number of hydrogen-bond donors (Lipinski definition) is 0. The number of benzene rings is 1. The lowest BCUT2D eigenvalue weighted by molar-refractivity contribution is 0.548. The first kappa shape index (κ1) is 9.09. The summed E-state index contributed by atoms with van der Waals surface area (Å²) in [4.78, 5) is -0.0324. The molecule has 0 saturated heterocycles. The van der Waals surface area contributed by atoms with Gasteiger partial charge in [0.25, 0.3) is 0 Å². The van der Waals surface area contributed by atoms with Gasteiger partial charge in [-0.1, -0.05) is 18.7 Å². The highest BCUT2D eigenvalue weighted by Gasteiger charge is 1.98. The first-order valence-electron chi connectivity index (χ1n) is 3.15. The van der Waals surface area contributed by atoms with Gasteiger partial charge >= 0.3 is 0 Å². The molecule has 0 N–H and O–H groups in total. The van der Waals surface area contributed by atoms with E-state index in [9.17, 15) is 13.2 Å². The molecule has 1 unspecified atom stereocenters. The molecule has 12 heavy (non-hydrogen) atoms. The van der Waals surface area contributed by atoms with Gasteiger partial charge in [-0.2, -0.15) is 0 Å². The lowest BCUT2D eigenvalue weighted by Gasteiger charge is -2.07. The fourth-order valence-corrected chi connectivity index (χ4v) is 1.06. The zero-order valence-corrected chi connectivity index (χ0v) is 6.94. The predicted molar refractivity (Wildman–Crippen MR) is 44.4 cm³/mol. The molecule has 64 valence electrons. The molecule has 0 amide bonds. The predicted octanol–water partition coefficient (Wildman–Crippen LogP) is 1.68. The van der Waals surface area contributed by atoms with Crippen LogP contribution in [0.3, 0.4) is 0 Å². The SMILES string of the molecule is C=C(c1ccc(F)cc1)S(=O)[O-]. The van der Waals surface area contributed by atoms with Crippen molar-refractivity contribution >= 4 is 16.0 Å². The van der Waals surface area contributed by atoms with Crippen LogP contribution in [0.5, 0.6) is 0 Å². The molecular weight excluding hydrogens is 179 g/mol. The monoisotopic (exact) mass is 185 g/mol. The Hall–Kier alpha value is -1.00. The summed E-state index contributed by atoms with van der Waals surface area (Å²) in [5.74, 6) is -0.400. The van der Waals surface area contributed by atoms with E-state index >= 15 is 0 Å². The van der Waals surface area contributed by atoms with Crippen molar-refractivity contribution in [2.75, 3.05) is 0 Å². The van der Waals surface area contributed by atoms with Gasteiger partial charge in [-0.3, -0.25) is 4.21 Å². The topological polar surface area (TPSA) is 40.1 Å². The second kappa shape index (κ2) is 3.60. The van der Waals surface area contributed by atoms with Crippen LogP contribution < -0.4 is 0 Å². The standard InChI is InChI=1S/C8H7FO2S/c1-6(12(10)11)7-2-4-8(9)5-3-7/h2-5H,1H2,(H,10,11)/p-1. The Morgan fingerprint density at radius 1 is 1.42 bits per heavy atom. The third-order valence-electron chi connectivity index (χ3n) is 1.37. The molecule has 0 heterocycles. The maximum absolute atomic E-state index is 12.4. The molecule has 2 nitrogen and oxygen atoms in total. The zero-order chi connectivity index (χ0) is 9.14. The molecule has 0 fully saturated rings. The van der Waals surface area contributed by atoms with Gasteiger partial charge < -0.3 is 4.55 Å². The van der Waals surface area contributed by atoms with Crippen LogP contribution in [0.2, 0.25) is 0 Å². The Morgan fingerprint density at radius 3 is 2.33 bits per heavy atom. The van der Waals surface area contributed by atoms with Crippen molar-refractivity contribution < 1.29 is 13.2 Å². The van der Waals surface area contributed by atoms with E-state index in [4.69, 9.17) is 0 Å². The van der Waals surface area contributed by atoms with Crippen LogP contribution in [0.1, 0.15) is 5.56 Å². The van der Waals surface area contributed by atoms with Gasteiger partial charge in [0.2, 0.25) is 0 Å². The maximum Gasteiger partial charge on any atom is 0.123 e. The Bertz CT molecular complexity index is 318. The highest BCUT2D eigenvalue weighted by molar-refractivity contribution is 7.89. The maximum atomic E-state index is 12.4. The molecule has 4 heteroatoms. The Kier molecular flexibility index (Phi) is 2.73. The van der Waals surface area contributed by atoms with E-state index in [1.54, 1.807) is 0 Å². The van der Waals surface area contributed by atoms with Gasteiger partial charge in [-0.15, -0.1) is 0 Å². The summed E-state index contributed by atoms with van der Waals surface area (Å²) in [6.45, 7) is 3.32. The highest BCUT2D eigenvalue weighted by atomic mass is 32.2. The lowest BCUT2D eigenvalue weighted by Crippen LogP contribution is -1.90. The lowest BCUT2D eigenvalue weighted by atomic mass is 10.2. The van der Waals surface area contributed by atoms with Gasteiger partial charge in [0, 0.05) is 4.91 Å². The van der Waals surface area contributed by atoms with E-state index in [1.807, 2.05) is 0 Å². The molecule has 0 saturated carbocycles. The van der Waals surface area contributed by atoms with Crippen LogP contribution in [0, 0.1) is 5.82 Å². The Labute approximate surface area is 72.0 Å². The van der Waals surface area contributed by atoms with Crippen molar-refractivity contribution in [1.82, 2.24) is 0 Å². The summed E-state index contributed by atoms with van der Waals surface area (Å²) in [6.07, 6.45) is 0. The van der Waals surface area contributed by atoms with Crippen molar-refractivity contribution in [3.05, 3.63) is 42.2 Å². The summed E-state index contributed by atoms with van der Waals surface area (Å²) < 4.78 is 33.2. The molecule has 0 aliphatic carbocycles. The van der Waals surface area contributed by atoms with Gasteiger partial charge in [0.05, 0.1) is 0 Å². The molecule has 0 aromatic heterocycles. The van der Waals surface area contributed by atoms with Crippen LogP contribution in [0.25, 0.3) is 4.91 Å². The summed E-state index contributed by atoms with van der Waals surface area (Å²) >= 11 is -2.33. The van der Waals surface area contributed by atoms with Crippen molar-refractivity contribution in [2.24, 2.45) is 0 Å². The third kappa shape index (κ3) is 1.99. The van der Waals surface area contributed by atoms with Crippen LogP contribution in [-0.2, 0) is 11.1 Å². The van der Waals surface area contributed by atoms with E-state index in [2.05, 4.69) is 6.58 Å². The van der Waals surface area contributed by atoms with Gasteiger partial charge in [-0.05, 0) is 28.8 Å². The van der Waals surface area contributed by atoms with Gasteiger partial charge in [0.15, 0.2) is 0 Å². The van der Waals surface area contributed by atoms with Crippen molar-refractivity contribution in [1.29, 1.82) is 0 Å². The van der Waals surface area contributed by atoms with E-state index in [1.165, 1.54) is 24.3 Å². The van der Waals surface area contributed by atoms with E-state index in [-0.39, 0.29) is 4.91 Å². The molecule has 0 bridgehead atoms. The van der Waals surface area contributed by atoms with E-state index in [0.717, 1.165) is 0 Å². The highest BCUT2D eigenvalue weighted by Crippen LogP contribution is 2.14. The third-order valence-corrected chi connectivity index (χ3v) is 2.01. The molecule has 1 aromatic rings. The van der Waals surface area contributed by atoms with Gasteiger partial charge in [-0.25, -0.2) is 4.39 Å². The summed E-state index contributed by atoms with van der Waals surface area (Å²) in [7, 11) is 0. The quantitative estimate of drug-likeness (QED) is 0.657. The fourth-order valence-electron chi connectivity index (χ4n) is 0.732. The number of hydrogen-bond acceptors (Lipinski definition) is 2. The van der Waals surface area contributed by atoms with Crippen molar-refractivity contribution in [2.45, 2.75) is 0 Å². The van der Waals surface area contributed by atoms with Crippen molar-refractivity contribution in [3.8, 4) is 0 Å². The van der Waals surface area contributed by atoms with Crippen LogP contribution in [0.4, 0.5) is 4.39 Å². The fraction of sp³-hybridized carbons (Fsp3) is 0.